The Morgan fingerprint density at radius 3 is 2.80 bits per heavy atom. The highest BCUT2D eigenvalue weighted by Gasteiger charge is 2.16. The maximum Gasteiger partial charge on any atom is 0.358 e. The molecule has 1 aromatic heterocycles. The number of methoxy groups -OCH3 is 1. The Morgan fingerprint density at radius 2 is 2.20 bits per heavy atom. The number of nitrogens with zero attached hydrogens (tertiary/aromatic N) is 1. The molecule has 1 N–H and O–H groups in total. The van der Waals surface area contributed by atoms with Crippen molar-refractivity contribution in [2.45, 2.75) is 6.92 Å². The molecule has 0 unspecified atom stereocenters. The van der Waals surface area contributed by atoms with Crippen LogP contribution in [0.2, 0.25) is 0 Å². The van der Waals surface area contributed by atoms with Gasteiger partial charge >= 0.3 is 5.97 Å². The van der Waals surface area contributed by atoms with Gasteiger partial charge in [0.15, 0.2) is 5.69 Å². The first-order chi connectivity index (χ1) is 7.15. The molecule has 0 aliphatic rings. The van der Waals surface area contributed by atoms with E-state index in [0.717, 1.165) is 15.7 Å². The lowest BCUT2D eigenvalue weighted by Gasteiger charge is -1.99. The van der Waals surface area contributed by atoms with Gasteiger partial charge in [0.25, 0.3) is 0 Å². The van der Waals surface area contributed by atoms with E-state index in [2.05, 4.69) is 4.74 Å². The topological polar surface area (TPSA) is 51.5 Å². The first-order valence-corrected chi connectivity index (χ1v) is 4.54. The first-order valence-electron chi connectivity index (χ1n) is 4.54. The molecule has 2 aromatic rings. The summed E-state index contributed by atoms with van der Waals surface area (Å²) in [6.07, 6.45) is 0. The molecule has 0 aliphatic carbocycles. The van der Waals surface area contributed by atoms with Crippen molar-refractivity contribution in [1.82, 2.24) is 4.73 Å². The fourth-order valence-corrected chi connectivity index (χ4v) is 1.62. The highest BCUT2D eigenvalue weighted by atomic mass is 16.5. The van der Waals surface area contributed by atoms with Gasteiger partial charge in [-0.05, 0) is 24.6 Å². The van der Waals surface area contributed by atoms with Gasteiger partial charge in [0.1, 0.15) is 0 Å². The van der Waals surface area contributed by atoms with Crippen LogP contribution >= 0.6 is 0 Å². The molecule has 0 saturated carbocycles. The van der Waals surface area contributed by atoms with Crippen molar-refractivity contribution in [2.24, 2.45) is 0 Å². The summed E-state index contributed by atoms with van der Waals surface area (Å²) in [5.41, 5.74) is 1.75. The molecular weight excluding hydrogens is 194 g/mol. The molecule has 78 valence electrons. The highest BCUT2D eigenvalue weighted by molar-refractivity contribution is 5.96. The van der Waals surface area contributed by atoms with Crippen LogP contribution in [-0.4, -0.2) is 23.0 Å². The van der Waals surface area contributed by atoms with E-state index in [-0.39, 0.29) is 5.69 Å². The van der Waals surface area contributed by atoms with E-state index in [0.29, 0.717) is 5.52 Å². The Morgan fingerprint density at radius 1 is 1.47 bits per heavy atom. The molecule has 0 amide bonds. The lowest BCUT2D eigenvalue weighted by atomic mass is 10.1. The van der Waals surface area contributed by atoms with E-state index in [4.69, 9.17) is 0 Å². The molecule has 0 fully saturated rings. The summed E-state index contributed by atoms with van der Waals surface area (Å²) >= 11 is 0. The van der Waals surface area contributed by atoms with E-state index in [1.165, 1.54) is 7.11 Å². The van der Waals surface area contributed by atoms with Gasteiger partial charge in [0.2, 0.25) is 0 Å². The largest absolute Gasteiger partial charge is 0.464 e. The molecule has 4 heteroatoms. The highest BCUT2D eigenvalue weighted by Crippen LogP contribution is 2.22. The molecule has 0 atom stereocenters. The van der Waals surface area contributed by atoms with E-state index in [1.54, 1.807) is 12.1 Å². The van der Waals surface area contributed by atoms with Crippen LogP contribution in [0.1, 0.15) is 16.1 Å². The predicted molar refractivity (Wildman–Crippen MR) is 55.2 cm³/mol. The van der Waals surface area contributed by atoms with Gasteiger partial charge in [0, 0.05) is 5.39 Å². The van der Waals surface area contributed by atoms with Gasteiger partial charge < -0.3 is 9.94 Å². The monoisotopic (exact) mass is 205 g/mol. The van der Waals surface area contributed by atoms with Crippen molar-refractivity contribution >= 4 is 16.9 Å². The van der Waals surface area contributed by atoms with Crippen LogP contribution in [0.4, 0.5) is 0 Å². The van der Waals surface area contributed by atoms with Crippen molar-refractivity contribution in [2.75, 3.05) is 7.11 Å². The fraction of sp³-hybridized carbons (Fsp3) is 0.182. The summed E-state index contributed by atoms with van der Waals surface area (Å²) in [5, 5.41) is 10.6. The number of fused-ring (bicyclic) bond motifs is 1. The van der Waals surface area contributed by atoms with E-state index >= 15 is 0 Å². The number of rotatable bonds is 1. The summed E-state index contributed by atoms with van der Waals surface area (Å²) < 4.78 is 5.42. The number of ether oxygens (including phenoxy) is 1. The second kappa shape index (κ2) is 3.31. The minimum absolute atomic E-state index is 0.141. The van der Waals surface area contributed by atoms with Crippen LogP contribution < -0.4 is 0 Å². The molecule has 1 heterocycles. The van der Waals surface area contributed by atoms with Crippen molar-refractivity contribution in [3.63, 3.8) is 0 Å². The predicted octanol–water partition coefficient (Wildman–Crippen LogP) is 1.97. The smallest absolute Gasteiger partial charge is 0.358 e. The molecule has 2 rings (SSSR count). The molecule has 0 aliphatic heterocycles. The van der Waals surface area contributed by atoms with Crippen LogP contribution in [0.5, 0.6) is 0 Å². The van der Waals surface area contributed by atoms with Crippen molar-refractivity contribution in [1.29, 1.82) is 0 Å². The fourth-order valence-electron chi connectivity index (χ4n) is 1.62. The Balaban J connectivity index is 2.75. The quantitative estimate of drug-likeness (QED) is 0.572. The standard InChI is InChI=1S/C11H11NO3/c1-7-4-3-5-9-8(7)6-10(12(9)14)11(13)15-2/h3-6,14H,1-2H3. The van der Waals surface area contributed by atoms with Crippen LogP contribution in [-0.2, 0) is 4.74 Å². The van der Waals surface area contributed by atoms with Crippen molar-refractivity contribution in [3.8, 4) is 0 Å². The first kappa shape index (κ1) is 9.58. The van der Waals surface area contributed by atoms with E-state index in [1.807, 2.05) is 19.1 Å². The molecular formula is C11H11NO3. The Labute approximate surface area is 86.7 Å². The Kier molecular flexibility index (Phi) is 2.11. The third-order valence-corrected chi connectivity index (χ3v) is 2.43. The maximum absolute atomic E-state index is 11.3. The number of hydrogen-bond donors (Lipinski definition) is 1. The van der Waals surface area contributed by atoms with Gasteiger partial charge in [-0.25, -0.2) is 4.79 Å². The molecule has 1 aromatic carbocycles. The van der Waals surface area contributed by atoms with Gasteiger partial charge in [-0.1, -0.05) is 12.1 Å². The average Bonchev–Trinajstić information content (AvgIpc) is 2.57. The second-order valence-electron chi connectivity index (χ2n) is 3.34. The SMILES string of the molecule is COC(=O)c1cc2c(C)cccc2n1O. The Hall–Kier alpha value is -1.97. The van der Waals surface area contributed by atoms with Crippen LogP contribution in [0.25, 0.3) is 10.9 Å². The van der Waals surface area contributed by atoms with E-state index < -0.39 is 5.97 Å². The number of carbonyl (C=O) groups excluding carboxylic acids is 1. The number of aryl methyl sites for hydroxylation is 1. The summed E-state index contributed by atoms with van der Waals surface area (Å²) in [7, 11) is 1.28. The van der Waals surface area contributed by atoms with Crippen LogP contribution in [0.15, 0.2) is 24.3 Å². The maximum atomic E-state index is 11.3. The zero-order valence-electron chi connectivity index (χ0n) is 8.52. The Bertz CT molecular complexity index is 528. The number of esters is 1. The minimum atomic E-state index is -0.548. The number of hydrogen-bond acceptors (Lipinski definition) is 3. The van der Waals surface area contributed by atoms with Gasteiger partial charge in [-0.2, -0.15) is 4.73 Å². The zero-order chi connectivity index (χ0) is 11.0. The van der Waals surface area contributed by atoms with Crippen LogP contribution in [0.3, 0.4) is 0 Å². The minimum Gasteiger partial charge on any atom is -0.464 e. The van der Waals surface area contributed by atoms with Gasteiger partial charge in [-0.3, -0.25) is 0 Å². The average molecular weight is 205 g/mol. The third-order valence-electron chi connectivity index (χ3n) is 2.43. The number of carbonyl (C=O) groups is 1. The molecule has 0 spiro atoms. The van der Waals surface area contributed by atoms with Gasteiger partial charge in [0.05, 0.1) is 12.6 Å². The second-order valence-corrected chi connectivity index (χ2v) is 3.34. The van der Waals surface area contributed by atoms with Crippen LogP contribution in [0, 0.1) is 6.92 Å². The summed E-state index contributed by atoms with van der Waals surface area (Å²) in [6.45, 7) is 1.92. The molecule has 0 bridgehead atoms. The molecule has 0 saturated heterocycles. The van der Waals surface area contributed by atoms with Crippen molar-refractivity contribution < 1.29 is 14.7 Å². The summed E-state index contributed by atoms with van der Waals surface area (Å²) in [6, 6.07) is 7.11. The zero-order valence-corrected chi connectivity index (χ0v) is 8.52. The molecule has 4 nitrogen and oxygen atoms in total. The van der Waals surface area contributed by atoms with E-state index in [9.17, 15) is 10.0 Å². The summed E-state index contributed by atoms with van der Waals surface area (Å²) in [5.74, 6) is -0.548. The molecule has 0 radical (unpaired) electrons. The number of benzene rings is 1. The molecule has 15 heavy (non-hydrogen) atoms. The third kappa shape index (κ3) is 1.34. The van der Waals surface area contributed by atoms with Gasteiger partial charge in [-0.15, -0.1) is 0 Å². The lowest BCUT2D eigenvalue weighted by Crippen LogP contribution is -2.07. The number of aromatic nitrogens is 1. The normalized spacial score (nSPS) is 10.5. The lowest BCUT2D eigenvalue weighted by molar-refractivity contribution is 0.0554. The van der Waals surface area contributed by atoms with Crippen molar-refractivity contribution in [3.05, 3.63) is 35.5 Å². The summed E-state index contributed by atoms with van der Waals surface area (Å²) in [4.78, 5) is 11.3.